The fraction of sp³-hybridized carbons (Fsp3) is 0. The molecule has 0 aliphatic heterocycles. The van der Waals surface area contributed by atoms with Crippen molar-refractivity contribution in [2.75, 3.05) is 4.90 Å². The number of para-hydroxylation sites is 1. The van der Waals surface area contributed by atoms with Crippen molar-refractivity contribution in [3.63, 3.8) is 0 Å². The Labute approximate surface area is 242 Å². The summed E-state index contributed by atoms with van der Waals surface area (Å²) in [5.74, 6) is 0. The third-order valence-electron chi connectivity index (χ3n) is 8.59. The van der Waals surface area contributed by atoms with E-state index in [4.69, 9.17) is 4.42 Å². The Morgan fingerprint density at radius 3 is 1.69 bits per heavy atom. The average molecular weight is 536 g/mol. The van der Waals surface area contributed by atoms with Crippen LogP contribution in [0.25, 0.3) is 65.0 Å². The first-order valence-electron chi connectivity index (χ1n) is 14.4. The van der Waals surface area contributed by atoms with E-state index in [9.17, 15) is 0 Å². The zero-order chi connectivity index (χ0) is 27.6. The lowest BCUT2D eigenvalue weighted by molar-refractivity contribution is 0.669. The van der Waals surface area contributed by atoms with Crippen molar-refractivity contribution in [3.8, 4) is 0 Å². The molecule has 0 amide bonds. The molecule has 0 unspecified atom stereocenters. The van der Waals surface area contributed by atoms with Crippen LogP contribution >= 0.6 is 0 Å². The largest absolute Gasteiger partial charge is 0.456 e. The highest BCUT2D eigenvalue weighted by atomic mass is 16.3. The van der Waals surface area contributed by atoms with Crippen LogP contribution in [0.3, 0.4) is 0 Å². The average Bonchev–Trinajstić information content (AvgIpc) is 3.45. The van der Waals surface area contributed by atoms with Gasteiger partial charge in [-0.3, -0.25) is 0 Å². The maximum Gasteiger partial charge on any atom is 0.138 e. The van der Waals surface area contributed by atoms with Crippen molar-refractivity contribution in [2.45, 2.75) is 0 Å². The van der Waals surface area contributed by atoms with E-state index in [0.717, 1.165) is 33.6 Å². The van der Waals surface area contributed by atoms with Gasteiger partial charge in [0.2, 0.25) is 0 Å². The van der Waals surface area contributed by atoms with Crippen molar-refractivity contribution in [1.29, 1.82) is 0 Å². The molecule has 0 fully saturated rings. The summed E-state index contributed by atoms with van der Waals surface area (Å²) in [5, 5.41) is 12.1. The van der Waals surface area contributed by atoms with Gasteiger partial charge in [0.05, 0.1) is 11.4 Å². The summed E-state index contributed by atoms with van der Waals surface area (Å²) >= 11 is 0. The van der Waals surface area contributed by atoms with Crippen LogP contribution in [0.2, 0.25) is 0 Å². The lowest BCUT2D eigenvalue weighted by atomic mass is 9.96. The van der Waals surface area contributed by atoms with Gasteiger partial charge in [-0.15, -0.1) is 0 Å². The molecule has 1 heterocycles. The third kappa shape index (κ3) is 3.33. The van der Waals surface area contributed by atoms with Gasteiger partial charge in [-0.1, -0.05) is 121 Å². The summed E-state index contributed by atoms with van der Waals surface area (Å²) in [5.41, 5.74) is 5.13. The Bertz CT molecular complexity index is 2470. The first-order chi connectivity index (χ1) is 20.8. The Hall–Kier alpha value is -5.60. The van der Waals surface area contributed by atoms with Crippen LogP contribution in [-0.2, 0) is 0 Å². The Balaban J connectivity index is 1.44. The molecule has 2 nitrogen and oxygen atoms in total. The van der Waals surface area contributed by atoms with Crippen LogP contribution in [0.15, 0.2) is 156 Å². The fourth-order valence-corrected chi connectivity index (χ4v) is 6.77. The van der Waals surface area contributed by atoms with Crippen LogP contribution in [0.4, 0.5) is 17.1 Å². The molecule has 0 saturated heterocycles. The molecule has 2 heteroatoms. The zero-order valence-corrected chi connectivity index (χ0v) is 22.8. The molecule has 0 radical (unpaired) electrons. The molecule has 9 aromatic rings. The molecule has 1 aromatic heterocycles. The maximum absolute atomic E-state index is 6.66. The maximum atomic E-state index is 6.66. The van der Waals surface area contributed by atoms with Gasteiger partial charge in [0.15, 0.2) is 0 Å². The topological polar surface area (TPSA) is 16.4 Å². The SMILES string of the molecule is c1ccc(N(c2cc3ccccc3c3ccccc23)c2cc3oc4ccc5ccccc5c4c3c3ccccc23)cc1. The van der Waals surface area contributed by atoms with Gasteiger partial charge in [0.1, 0.15) is 11.2 Å². The summed E-state index contributed by atoms with van der Waals surface area (Å²) in [6.07, 6.45) is 0. The molecular formula is C40H25NO. The van der Waals surface area contributed by atoms with E-state index >= 15 is 0 Å². The molecule has 8 aromatic carbocycles. The molecule has 0 N–H and O–H groups in total. The fourth-order valence-electron chi connectivity index (χ4n) is 6.77. The van der Waals surface area contributed by atoms with Crippen LogP contribution < -0.4 is 4.90 Å². The van der Waals surface area contributed by atoms with E-state index in [1.165, 1.54) is 48.5 Å². The van der Waals surface area contributed by atoms with Crippen molar-refractivity contribution < 1.29 is 4.42 Å². The van der Waals surface area contributed by atoms with Gasteiger partial charge >= 0.3 is 0 Å². The van der Waals surface area contributed by atoms with Crippen LogP contribution in [-0.4, -0.2) is 0 Å². The van der Waals surface area contributed by atoms with Gasteiger partial charge in [-0.2, -0.15) is 0 Å². The van der Waals surface area contributed by atoms with Crippen LogP contribution in [0.5, 0.6) is 0 Å². The van der Waals surface area contributed by atoms with E-state index in [1.54, 1.807) is 0 Å². The van der Waals surface area contributed by atoms with Crippen LogP contribution in [0.1, 0.15) is 0 Å². The van der Waals surface area contributed by atoms with E-state index in [-0.39, 0.29) is 0 Å². The summed E-state index contributed by atoms with van der Waals surface area (Å²) in [6.45, 7) is 0. The minimum absolute atomic E-state index is 0.890. The van der Waals surface area contributed by atoms with Gasteiger partial charge in [-0.05, 0) is 56.6 Å². The van der Waals surface area contributed by atoms with Crippen molar-refractivity contribution in [1.82, 2.24) is 0 Å². The zero-order valence-electron chi connectivity index (χ0n) is 22.8. The molecule has 0 aliphatic carbocycles. The predicted molar refractivity (Wildman–Crippen MR) is 178 cm³/mol. The molecule has 196 valence electrons. The highest BCUT2D eigenvalue weighted by Gasteiger charge is 2.22. The summed E-state index contributed by atoms with van der Waals surface area (Å²) in [4.78, 5) is 2.40. The minimum atomic E-state index is 0.890. The number of fused-ring (bicyclic) bond motifs is 10. The molecule has 0 spiro atoms. The van der Waals surface area contributed by atoms with Gasteiger partial charge in [0.25, 0.3) is 0 Å². The van der Waals surface area contributed by atoms with Crippen molar-refractivity contribution >= 4 is 82.1 Å². The summed E-state index contributed by atoms with van der Waals surface area (Å²) in [6, 6.07) is 54.2. The Morgan fingerprint density at radius 1 is 0.357 bits per heavy atom. The molecule has 0 atom stereocenters. The first-order valence-corrected chi connectivity index (χ1v) is 14.4. The number of furan rings is 1. The number of anilines is 3. The highest BCUT2D eigenvalue weighted by molar-refractivity contribution is 6.28. The molecular weight excluding hydrogens is 510 g/mol. The second kappa shape index (κ2) is 8.95. The van der Waals surface area contributed by atoms with Crippen LogP contribution in [0, 0.1) is 0 Å². The Morgan fingerprint density at radius 2 is 0.905 bits per heavy atom. The number of rotatable bonds is 3. The van der Waals surface area contributed by atoms with Gasteiger partial charge < -0.3 is 9.32 Å². The normalized spacial score (nSPS) is 11.8. The quantitative estimate of drug-likeness (QED) is 0.209. The second-order valence-corrected chi connectivity index (χ2v) is 10.9. The highest BCUT2D eigenvalue weighted by Crippen LogP contribution is 2.48. The summed E-state index contributed by atoms with van der Waals surface area (Å²) in [7, 11) is 0. The molecule has 0 aliphatic rings. The Kier molecular flexibility index (Phi) is 4.93. The minimum Gasteiger partial charge on any atom is -0.456 e. The van der Waals surface area contributed by atoms with Crippen molar-refractivity contribution in [3.05, 3.63) is 152 Å². The number of hydrogen-bond acceptors (Lipinski definition) is 2. The van der Waals surface area contributed by atoms with Gasteiger partial charge in [-0.25, -0.2) is 0 Å². The van der Waals surface area contributed by atoms with E-state index in [1.807, 2.05) is 0 Å². The second-order valence-electron chi connectivity index (χ2n) is 10.9. The molecule has 9 rings (SSSR count). The summed E-state index contributed by atoms with van der Waals surface area (Å²) < 4.78 is 6.66. The van der Waals surface area contributed by atoms with E-state index in [2.05, 4.69) is 157 Å². The smallest absolute Gasteiger partial charge is 0.138 e. The predicted octanol–water partition coefficient (Wildman–Crippen LogP) is 11.7. The number of nitrogens with zero attached hydrogens (tertiary/aromatic N) is 1. The van der Waals surface area contributed by atoms with Gasteiger partial charge in [0, 0.05) is 33.3 Å². The number of benzene rings is 8. The first kappa shape index (κ1) is 23.1. The third-order valence-corrected chi connectivity index (χ3v) is 8.59. The molecule has 0 saturated carbocycles. The number of hydrogen-bond donors (Lipinski definition) is 0. The van der Waals surface area contributed by atoms with Crippen molar-refractivity contribution in [2.24, 2.45) is 0 Å². The standard InChI is InChI=1S/C40H25NO/c1-2-14-28(15-3-1)41(35-24-27-13-5-6-16-29(27)31-18-8-9-19-32(31)35)36-25-38-40(34-21-11-10-20-33(34)36)39-30-17-7-4-12-26(30)22-23-37(39)42-38/h1-25H. The molecule has 0 bridgehead atoms. The monoisotopic (exact) mass is 535 g/mol. The molecule has 42 heavy (non-hydrogen) atoms. The van der Waals surface area contributed by atoms with E-state index in [0.29, 0.717) is 0 Å². The lowest BCUT2D eigenvalue weighted by Gasteiger charge is -2.28. The van der Waals surface area contributed by atoms with E-state index < -0.39 is 0 Å². The lowest BCUT2D eigenvalue weighted by Crippen LogP contribution is -2.11.